The van der Waals surface area contributed by atoms with Gasteiger partial charge in [-0.1, -0.05) is 17.7 Å². The van der Waals surface area contributed by atoms with Gasteiger partial charge in [-0.05, 0) is 30.5 Å². The zero-order valence-corrected chi connectivity index (χ0v) is 13.8. The van der Waals surface area contributed by atoms with Gasteiger partial charge in [-0.25, -0.2) is 12.8 Å². The molecule has 21 heavy (non-hydrogen) atoms. The molecule has 4 nitrogen and oxygen atoms in total. The summed E-state index contributed by atoms with van der Waals surface area (Å²) in [5, 5.41) is 1.93. The van der Waals surface area contributed by atoms with Gasteiger partial charge in [0.05, 0.1) is 11.7 Å². The molecule has 0 saturated carbocycles. The van der Waals surface area contributed by atoms with Gasteiger partial charge in [-0.15, -0.1) is 11.3 Å². The monoisotopic (exact) mass is 348 g/mol. The van der Waals surface area contributed by atoms with Crippen molar-refractivity contribution < 1.29 is 12.8 Å². The number of halogens is 2. The Hall–Kier alpha value is -1.15. The number of rotatable bonds is 4. The first-order valence-corrected chi connectivity index (χ1v) is 8.71. The van der Waals surface area contributed by atoms with E-state index < -0.39 is 26.8 Å². The van der Waals surface area contributed by atoms with E-state index in [0.717, 1.165) is 15.2 Å². The topological polar surface area (TPSA) is 63.4 Å². The lowest BCUT2D eigenvalue weighted by molar-refractivity contribution is 0.400. The van der Waals surface area contributed by atoms with Crippen LogP contribution in [-0.2, 0) is 10.0 Å². The maximum Gasteiger partial charge on any atom is 0.246 e. The Morgan fingerprint density at radius 3 is 2.67 bits per heavy atom. The first-order chi connectivity index (χ1) is 9.75. The number of nitrogens with two attached hydrogens (primary N) is 1. The van der Waals surface area contributed by atoms with Crippen LogP contribution in [0.15, 0.2) is 34.5 Å². The molecule has 0 aliphatic rings. The number of sulfonamides is 1. The minimum absolute atomic E-state index is 0.0738. The van der Waals surface area contributed by atoms with Crippen molar-refractivity contribution in [1.29, 1.82) is 0 Å². The van der Waals surface area contributed by atoms with E-state index in [1.807, 2.05) is 17.5 Å². The van der Waals surface area contributed by atoms with Crippen LogP contribution in [0.2, 0.25) is 5.02 Å². The smallest absolute Gasteiger partial charge is 0.246 e. The van der Waals surface area contributed by atoms with Crippen molar-refractivity contribution in [1.82, 2.24) is 4.31 Å². The van der Waals surface area contributed by atoms with E-state index in [-0.39, 0.29) is 10.7 Å². The zero-order chi connectivity index (χ0) is 15.8. The van der Waals surface area contributed by atoms with E-state index in [1.54, 1.807) is 6.92 Å². The van der Waals surface area contributed by atoms with E-state index in [2.05, 4.69) is 0 Å². The van der Waals surface area contributed by atoms with E-state index in [4.69, 9.17) is 17.3 Å². The molecule has 0 saturated heterocycles. The van der Waals surface area contributed by atoms with E-state index >= 15 is 0 Å². The van der Waals surface area contributed by atoms with Gasteiger partial charge in [0.15, 0.2) is 5.82 Å². The van der Waals surface area contributed by atoms with Gasteiger partial charge in [0, 0.05) is 16.9 Å². The second-order valence-electron chi connectivity index (χ2n) is 4.52. The standard InChI is InChI=1S/C13H14ClFN2O2S2/c1-8(11-4-3-5-20-11)17(2)21(18,19)12-7-9(14)6-10(16)13(12)15/h3-8H,16H2,1-2H3. The van der Waals surface area contributed by atoms with Crippen LogP contribution in [0.1, 0.15) is 17.8 Å². The molecular weight excluding hydrogens is 335 g/mol. The molecule has 2 aromatic rings. The minimum atomic E-state index is -4.04. The predicted octanol–water partition coefficient (Wildman–Crippen LogP) is 3.50. The number of benzene rings is 1. The zero-order valence-electron chi connectivity index (χ0n) is 11.4. The molecule has 0 amide bonds. The van der Waals surface area contributed by atoms with Crippen molar-refractivity contribution in [3.63, 3.8) is 0 Å². The second kappa shape index (κ2) is 5.92. The number of anilines is 1. The highest BCUT2D eigenvalue weighted by Gasteiger charge is 2.30. The Morgan fingerprint density at radius 2 is 2.10 bits per heavy atom. The number of hydrogen-bond donors (Lipinski definition) is 1. The summed E-state index contributed by atoms with van der Waals surface area (Å²) in [6.45, 7) is 1.73. The van der Waals surface area contributed by atoms with E-state index in [1.165, 1.54) is 24.5 Å². The minimum Gasteiger partial charge on any atom is -0.396 e. The van der Waals surface area contributed by atoms with Crippen molar-refractivity contribution in [2.24, 2.45) is 0 Å². The average molecular weight is 349 g/mol. The van der Waals surface area contributed by atoms with Crippen molar-refractivity contribution in [3.05, 3.63) is 45.4 Å². The molecule has 1 aromatic carbocycles. The quantitative estimate of drug-likeness (QED) is 0.860. The normalized spacial score (nSPS) is 13.6. The van der Waals surface area contributed by atoms with Crippen LogP contribution >= 0.6 is 22.9 Å². The fourth-order valence-electron chi connectivity index (χ4n) is 1.84. The van der Waals surface area contributed by atoms with Gasteiger partial charge < -0.3 is 5.73 Å². The molecule has 0 spiro atoms. The summed E-state index contributed by atoms with van der Waals surface area (Å²) in [6, 6.07) is 5.48. The molecule has 8 heteroatoms. The van der Waals surface area contributed by atoms with Gasteiger partial charge in [0.25, 0.3) is 0 Å². The molecular formula is C13H14ClFN2O2S2. The molecule has 2 N–H and O–H groups in total. The van der Waals surface area contributed by atoms with Crippen LogP contribution in [0.25, 0.3) is 0 Å². The SMILES string of the molecule is CC(c1cccs1)N(C)S(=O)(=O)c1cc(Cl)cc(N)c1F. The van der Waals surface area contributed by atoms with E-state index in [9.17, 15) is 12.8 Å². The molecule has 0 radical (unpaired) electrons. The first kappa shape index (κ1) is 16.2. The van der Waals surface area contributed by atoms with Crippen LogP contribution in [0.3, 0.4) is 0 Å². The van der Waals surface area contributed by atoms with Crippen LogP contribution in [0.4, 0.5) is 10.1 Å². The lowest BCUT2D eigenvalue weighted by Crippen LogP contribution is -2.30. The highest BCUT2D eigenvalue weighted by molar-refractivity contribution is 7.89. The Kier molecular flexibility index (Phi) is 4.57. The van der Waals surface area contributed by atoms with Crippen LogP contribution in [-0.4, -0.2) is 19.8 Å². The van der Waals surface area contributed by atoms with Crippen LogP contribution < -0.4 is 5.73 Å². The van der Waals surface area contributed by atoms with Crippen molar-refractivity contribution in [2.75, 3.05) is 12.8 Å². The van der Waals surface area contributed by atoms with Crippen LogP contribution in [0.5, 0.6) is 0 Å². The third-order valence-electron chi connectivity index (χ3n) is 3.19. The second-order valence-corrected chi connectivity index (χ2v) is 7.90. The molecule has 1 unspecified atom stereocenters. The molecule has 0 aliphatic heterocycles. The van der Waals surface area contributed by atoms with Gasteiger partial charge in [-0.3, -0.25) is 0 Å². The van der Waals surface area contributed by atoms with Crippen LogP contribution in [0, 0.1) is 5.82 Å². The number of hydrogen-bond acceptors (Lipinski definition) is 4. The highest BCUT2D eigenvalue weighted by Crippen LogP contribution is 2.32. The number of thiophene rings is 1. The molecule has 0 bridgehead atoms. The predicted molar refractivity (Wildman–Crippen MR) is 83.5 cm³/mol. The molecule has 1 atom stereocenters. The number of nitrogens with zero attached hydrogens (tertiary/aromatic N) is 1. The highest BCUT2D eigenvalue weighted by atomic mass is 35.5. The summed E-state index contributed by atoms with van der Waals surface area (Å²) in [4.78, 5) is 0.342. The molecule has 1 aromatic heterocycles. The number of nitrogen functional groups attached to an aromatic ring is 1. The maximum atomic E-state index is 14.1. The van der Waals surface area contributed by atoms with Crippen molar-refractivity contribution in [2.45, 2.75) is 17.9 Å². The van der Waals surface area contributed by atoms with Gasteiger partial charge in [0.1, 0.15) is 4.90 Å². The Morgan fingerprint density at radius 1 is 1.43 bits per heavy atom. The molecule has 0 aliphatic carbocycles. The molecule has 0 fully saturated rings. The van der Waals surface area contributed by atoms with Gasteiger partial charge >= 0.3 is 0 Å². The largest absolute Gasteiger partial charge is 0.396 e. The third kappa shape index (κ3) is 3.06. The van der Waals surface area contributed by atoms with Crippen molar-refractivity contribution >= 4 is 38.6 Å². The fourth-order valence-corrected chi connectivity index (χ4v) is 4.49. The molecule has 114 valence electrons. The lowest BCUT2D eigenvalue weighted by Gasteiger charge is -2.24. The summed E-state index contributed by atoms with van der Waals surface area (Å²) in [5.74, 6) is -0.982. The maximum absolute atomic E-state index is 14.1. The molecule has 1 heterocycles. The summed E-state index contributed by atoms with van der Waals surface area (Å²) >= 11 is 7.21. The van der Waals surface area contributed by atoms with Crippen molar-refractivity contribution in [3.8, 4) is 0 Å². The van der Waals surface area contributed by atoms with E-state index in [0.29, 0.717) is 0 Å². The van der Waals surface area contributed by atoms with Gasteiger partial charge in [0.2, 0.25) is 10.0 Å². The summed E-state index contributed by atoms with van der Waals surface area (Å²) < 4.78 is 40.3. The Labute approximate surface area is 132 Å². The Bertz CT molecular complexity index is 748. The average Bonchev–Trinajstić information content (AvgIpc) is 2.94. The molecule has 2 rings (SSSR count). The summed E-state index contributed by atoms with van der Waals surface area (Å²) in [5.41, 5.74) is 5.16. The fraction of sp³-hybridized carbons (Fsp3) is 0.231. The third-order valence-corrected chi connectivity index (χ3v) is 6.38. The summed E-state index contributed by atoms with van der Waals surface area (Å²) in [6.07, 6.45) is 0. The lowest BCUT2D eigenvalue weighted by atomic mass is 10.3. The van der Waals surface area contributed by atoms with Gasteiger partial charge in [-0.2, -0.15) is 4.31 Å². The summed E-state index contributed by atoms with van der Waals surface area (Å²) in [7, 11) is -2.64. The first-order valence-electron chi connectivity index (χ1n) is 6.01. The Balaban J connectivity index is 2.47.